The van der Waals surface area contributed by atoms with E-state index >= 15 is 0 Å². The van der Waals surface area contributed by atoms with Crippen LogP contribution in [0.4, 0.5) is 0 Å². The Labute approximate surface area is 108 Å². The number of halogens is 1. The summed E-state index contributed by atoms with van der Waals surface area (Å²) in [6, 6.07) is 5.70. The second-order valence-electron chi connectivity index (χ2n) is 3.78. The summed E-state index contributed by atoms with van der Waals surface area (Å²) in [7, 11) is -2.98. The van der Waals surface area contributed by atoms with Gasteiger partial charge in [-0.1, -0.05) is 25.1 Å². The molecule has 17 heavy (non-hydrogen) atoms. The number of para-hydroxylation sites is 1. The minimum atomic E-state index is -2.98. The van der Waals surface area contributed by atoms with Gasteiger partial charge in [0.1, 0.15) is 12.4 Å². The molecule has 0 heterocycles. The van der Waals surface area contributed by atoms with Crippen molar-refractivity contribution in [1.82, 2.24) is 0 Å². The van der Waals surface area contributed by atoms with Crippen LogP contribution in [0.15, 0.2) is 18.2 Å². The van der Waals surface area contributed by atoms with E-state index in [4.69, 9.17) is 16.3 Å². The molecule has 1 rings (SSSR count). The van der Waals surface area contributed by atoms with E-state index in [1.807, 2.05) is 25.1 Å². The molecule has 0 bridgehead atoms. The third-order valence-corrected chi connectivity index (χ3v) is 4.47. The second-order valence-corrected chi connectivity index (χ2v) is 6.52. The van der Waals surface area contributed by atoms with Crippen molar-refractivity contribution >= 4 is 21.4 Å². The van der Waals surface area contributed by atoms with Crippen molar-refractivity contribution in [2.75, 3.05) is 18.1 Å². The lowest BCUT2D eigenvalue weighted by Crippen LogP contribution is -2.16. The predicted molar refractivity (Wildman–Crippen MR) is 70.6 cm³/mol. The van der Waals surface area contributed by atoms with Crippen molar-refractivity contribution in [2.45, 2.75) is 19.7 Å². The highest BCUT2D eigenvalue weighted by molar-refractivity contribution is 7.91. The van der Waals surface area contributed by atoms with E-state index in [0.717, 1.165) is 11.1 Å². The van der Waals surface area contributed by atoms with Crippen molar-refractivity contribution in [3.63, 3.8) is 0 Å². The van der Waals surface area contributed by atoms with Crippen LogP contribution in [0.25, 0.3) is 0 Å². The predicted octanol–water partition coefficient (Wildman–Crippen LogP) is 2.55. The molecule has 0 unspecified atom stereocenters. The van der Waals surface area contributed by atoms with Gasteiger partial charge in [-0.05, 0) is 12.5 Å². The molecule has 1 aromatic rings. The quantitative estimate of drug-likeness (QED) is 0.750. The number of rotatable bonds is 6. The van der Waals surface area contributed by atoms with E-state index in [-0.39, 0.29) is 18.1 Å². The average Bonchev–Trinajstić information content (AvgIpc) is 2.31. The molecule has 0 amide bonds. The Balaban J connectivity index is 2.70. The monoisotopic (exact) mass is 276 g/mol. The van der Waals surface area contributed by atoms with Crippen molar-refractivity contribution in [3.8, 4) is 5.75 Å². The van der Waals surface area contributed by atoms with E-state index < -0.39 is 9.84 Å². The lowest BCUT2D eigenvalue weighted by molar-refractivity contribution is 0.336. The molecule has 3 nitrogen and oxygen atoms in total. The van der Waals surface area contributed by atoms with Gasteiger partial charge in [-0.2, -0.15) is 0 Å². The molecule has 0 aliphatic heterocycles. The minimum absolute atomic E-state index is 0.0412. The molecule has 0 spiro atoms. The number of hydrogen-bond acceptors (Lipinski definition) is 3. The van der Waals surface area contributed by atoms with Crippen LogP contribution in [0, 0.1) is 6.92 Å². The smallest absolute Gasteiger partial charge is 0.153 e. The molecule has 96 valence electrons. The summed E-state index contributed by atoms with van der Waals surface area (Å²) in [4.78, 5) is 0. The van der Waals surface area contributed by atoms with E-state index in [2.05, 4.69) is 0 Å². The van der Waals surface area contributed by atoms with Gasteiger partial charge >= 0.3 is 0 Å². The van der Waals surface area contributed by atoms with Gasteiger partial charge in [-0.3, -0.25) is 0 Å². The molecule has 0 radical (unpaired) electrons. The Morgan fingerprint density at radius 3 is 2.65 bits per heavy atom. The van der Waals surface area contributed by atoms with Gasteiger partial charge in [0, 0.05) is 11.3 Å². The molecule has 0 aliphatic rings. The highest BCUT2D eigenvalue weighted by Crippen LogP contribution is 2.24. The van der Waals surface area contributed by atoms with Gasteiger partial charge in [-0.15, -0.1) is 11.6 Å². The Bertz CT molecular complexity index is 469. The number of sulfone groups is 1. The topological polar surface area (TPSA) is 43.4 Å². The first-order chi connectivity index (χ1) is 8.00. The van der Waals surface area contributed by atoms with Gasteiger partial charge in [0.05, 0.1) is 11.6 Å². The first-order valence-electron chi connectivity index (χ1n) is 5.48. The lowest BCUT2D eigenvalue weighted by atomic mass is 10.1. The fourth-order valence-corrected chi connectivity index (χ4v) is 2.28. The standard InChI is InChI=1S/C12H17ClO3S/c1-3-17(14,15)8-7-16-12-10(2)5-4-6-11(12)9-13/h4-6H,3,7-9H2,1-2H3. The number of alkyl halides is 1. The number of hydrogen-bond donors (Lipinski definition) is 0. The van der Waals surface area contributed by atoms with Gasteiger partial charge < -0.3 is 4.74 Å². The highest BCUT2D eigenvalue weighted by Gasteiger charge is 2.10. The van der Waals surface area contributed by atoms with Gasteiger partial charge in [-0.25, -0.2) is 8.42 Å². The van der Waals surface area contributed by atoms with E-state index in [9.17, 15) is 8.42 Å². The van der Waals surface area contributed by atoms with Gasteiger partial charge in [0.25, 0.3) is 0 Å². The SMILES string of the molecule is CCS(=O)(=O)CCOc1c(C)cccc1CCl. The van der Waals surface area contributed by atoms with Crippen molar-refractivity contribution in [3.05, 3.63) is 29.3 Å². The number of aryl methyl sites for hydroxylation is 1. The third kappa shape index (κ3) is 4.21. The fraction of sp³-hybridized carbons (Fsp3) is 0.500. The summed E-state index contributed by atoms with van der Waals surface area (Å²) < 4.78 is 28.2. The van der Waals surface area contributed by atoms with Crippen molar-refractivity contribution < 1.29 is 13.2 Å². The van der Waals surface area contributed by atoms with Crippen LogP contribution in [-0.2, 0) is 15.7 Å². The summed E-state index contributed by atoms with van der Waals surface area (Å²) in [6.45, 7) is 3.72. The van der Waals surface area contributed by atoms with Crippen LogP contribution in [0.1, 0.15) is 18.1 Å². The molecule has 0 saturated carbocycles. The average molecular weight is 277 g/mol. The first-order valence-corrected chi connectivity index (χ1v) is 7.83. The normalized spacial score (nSPS) is 11.5. The summed E-state index contributed by atoms with van der Waals surface area (Å²) in [6.07, 6.45) is 0. The summed E-state index contributed by atoms with van der Waals surface area (Å²) in [5.41, 5.74) is 1.86. The van der Waals surface area contributed by atoms with Crippen molar-refractivity contribution in [2.24, 2.45) is 0 Å². The van der Waals surface area contributed by atoms with Crippen LogP contribution in [0.5, 0.6) is 5.75 Å². The molecule has 0 aliphatic carbocycles. The van der Waals surface area contributed by atoms with Crippen LogP contribution in [0.2, 0.25) is 0 Å². The molecular formula is C12H17ClO3S. The Kier molecular flexibility index (Phi) is 5.28. The first kappa shape index (κ1) is 14.3. The molecule has 0 saturated heterocycles. The van der Waals surface area contributed by atoms with E-state index in [1.165, 1.54) is 0 Å². The zero-order valence-corrected chi connectivity index (χ0v) is 11.6. The lowest BCUT2D eigenvalue weighted by Gasteiger charge is -2.12. The molecule has 5 heteroatoms. The third-order valence-electron chi connectivity index (χ3n) is 2.52. The number of benzene rings is 1. The molecule has 0 aromatic heterocycles. The highest BCUT2D eigenvalue weighted by atomic mass is 35.5. The Morgan fingerprint density at radius 1 is 1.35 bits per heavy atom. The van der Waals surface area contributed by atoms with Gasteiger partial charge in [0.15, 0.2) is 9.84 Å². The zero-order valence-electron chi connectivity index (χ0n) is 10.1. The summed E-state index contributed by atoms with van der Waals surface area (Å²) >= 11 is 5.80. The zero-order chi connectivity index (χ0) is 12.9. The van der Waals surface area contributed by atoms with Crippen LogP contribution in [-0.4, -0.2) is 26.5 Å². The maximum atomic E-state index is 11.3. The van der Waals surface area contributed by atoms with Gasteiger partial charge in [0.2, 0.25) is 0 Å². The van der Waals surface area contributed by atoms with Crippen LogP contribution >= 0.6 is 11.6 Å². The van der Waals surface area contributed by atoms with Crippen LogP contribution < -0.4 is 4.74 Å². The van der Waals surface area contributed by atoms with Crippen molar-refractivity contribution in [1.29, 1.82) is 0 Å². The van der Waals surface area contributed by atoms with E-state index in [1.54, 1.807) is 6.92 Å². The molecule has 0 N–H and O–H groups in total. The second kappa shape index (κ2) is 6.26. The summed E-state index contributed by atoms with van der Waals surface area (Å²) in [5.74, 6) is 1.25. The maximum absolute atomic E-state index is 11.3. The Hall–Kier alpha value is -0.740. The number of ether oxygens (including phenoxy) is 1. The molecule has 1 aromatic carbocycles. The minimum Gasteiger partial charge on any atom is -0.492 e. The molecule has 0 atom stereocenters. The fourth-order valence-electron chi connectivity index (χ4n) is 1.44. The van der Waals surface area contributed by atoms with E-state index in [0.29, 0.717) is 11.6 Å². The molecular weight excluding hydrogens is 260 g/mol. The summed E-state index contributed by atoms with van der Waals surface area (Å²) in [5, 5.41) is 0. The maximum Gasteiger partial charge on any atom is 0.153 e. The molecule has 0 fully saturated rings. The van der Waals surface area contributed by atoms with Crippen LogP contribution in [0.3, 0.4) is 0 Å². The largest absolute Gasteiger partial charge is 0.492 e. The Morgan fingerprint density at radius 2 is 2.06 bits per heavy atom.